The third kappa shape index (κ3) is 2.17. The van der Waals surface area contributed by atoms with Gasteiger partial charge in [-0.2, -0.15) is 0 Å². The maximum Gasteiger partial charge on any atom is 0.0446 e. The van der Waals surface area contributed by atoms with Gasteiger partial charge in [-0.15, -0.1) is 0 Å². The van der Waals surface area contributed by atoms with Gasteiger partial charge in [0.25, 0.3) is 0 Å². The van der Waals surface area contributed by atoms with E-state index in [4.69, 9.17) is 5.73 Å². The molecule has 19 heavy (non-hydrogen) atoms. The lowest BCUT2D eigenvalue weighted by Gasteiger charge is -2.25. The molecule has 0 radical (unpaired) electrons. The van der Waals surface area contributed by atoms with Gasteiger partial charge in [0.2, 0.25) is 0 Å². The molecule has 0 fully saturated rings. The Morgan fingerprint density at radius 1 is 1.26 bits per heavy atom. The summed E-state index contributed by atoms with van der Waals surface area (Å²) >= 11 is 3.61. The average Bonchev–Trinajstić information content (AvgIpc) is 2.74. The van der Waals surface area contributed by atoms with Crippen LogP contribution in [0.4, 0.5) is 11.4 Å². The van der Waals surface area contributed by atoms with Gasteiger partial charge in [0.15, 0.2) is 0 Å². The molecule has 2 N–H and O–H groups in total. The molecule has 0 spiro atoms. The zero-order chi connectivity index (χ0) is 13.4. The van der Waals surface area contributed by atoms with Gasteiger partial charge in [-0.1, -0.05) is 40.2 Å². The molecule has 2 nitrogen and oxygen atoms in total. The minimum atomic E-state index is 0.494. The quantitative estimate of drug-likeness (QED) is 0.907. The summed E-state index contributed by atoms with van der Waals surface area (Å²) in [5.74, 6) is 0. The van der Waals surface area contributed by atoms with Crippen LogP contribution in [0, 0.1) is 0 Å². The summed E-state index contributed by atoms with van der Waals surface area (Å²) in [4.78, 5) is 2.40. The zero-order valence-corrected chi connectivity index (χ0v) is 12.5. The molecule has 1 heterocycles. The first-order valence-corrected chi connectivity index (χ1v) is 7.35. The zero-order valence-electron chi connectivity index (χ0n) is 10.9. The molecule has 0 aliphatic carbocycles. The van der Waals surface area contributed by atoms with Crippen LogP contribution in [0.15, 0.2) is 46.9 Å². The van der Waals surface area contributed by atoms with E-state index in [2.05, 4.69) is 70.2 Å². The molecule has 1 unspecified atom stereocenters. The van der Waals surface area contributed by atoms with Gasteiger partial charge in [0, 0.05) is 28.4 Å². The van der Waals surface area contributed by atoms with Crippen molar-refractivity contribution in [1.82, 2.24) is 0 Å². The number of hydrogen-bond donors (Lipinski definition) is 1. The lowest BCUT2D eigenvalue weighted by atomic mass is 10.1. The van der Waals surface area contributed by atoms with E-state index in [1.165, 1.54) is 16.9 Å². The number of fused-ring (bicyclic) bond motifs is 1. The number of hydrogen-bond acceptors (Lipinski definition) is 2. The largest absolute Gasteiger partial charge is 0.338 e. The van der Waals surface area contributed by atoms with Crippen molar-refractivity contribution >= 4 is 27.3 Å². The van der Waals surface area contributed by atoms with Crippen molar-refractivity contribution in [3.63, 3.8) is 0 Å². The molecule has 0 bridgehead atoms. The van der Waals surface area contributed by atoms with E-state index in [-0.39, 0.29) is 0 Å². The molecule has 3 heteroatoms. The van der Waals surface area contributed by atoms with E-state index in [0.717, 1.165) is 16.5 Å². The van der Waals surface area contributed by atoms with Crippen LogP contribution in [0.25, 0.3) is 0 Å². The molecule has 2 aromatic carbocycles. The summed E-state index contributed by atoms with van der Waals surface area (Å²) in [7, 11) is 0. The normalized spacial score (nSPS) is 17.6. The van der Waals surface area contributed by atoms with Crippen molar-refractivity contribution in [2.45, 2.75) is 25.9 Å². The van der Waals surface area contributed by atoms with Crippen molar-refractivity contribution in [1.29, 1.82) is 0 Å². The minimum Gasteiger partial charge on any atom is -0.338 e. The van der Waals surface area contributed by atoms with Crippen molar-refractivity contribution in [2.24, 2.45) is 5.73 Å². The first-order chi connectivity index (χ1) is 9.20. The maximum absolute atomic E-state index is 5.71. The maximum atomic E-state index is 5.71. The predicted octanol–water partition coefficient (Wildman–Crippen LogP) is 3.99. The standard InChI is InChI=1S/C16H17BrN2/c1-11-8-12-4-2-3-5-16(12)19(11)14-7-6-13(10-18)15(17)9-14/h2-7,9,11H,8,10,18H2,1H3. The second-order valence-corrected chi connectivity index (χ2v) is 5.89. The van der Waals surface area contributed by atoms with Gasteiger partial charge < -0.3 is 10.6 Å². The number of rotatable bonds is 2. The van der Waals surface area contributed by atoms with Crippen molar-refractivity contribution < 1.29 is 0 Å². The molecule has 0 aromatic heterocycles. The monoisotopic (exact) mass is 316 g/mol. The Balaban J connectivity index is 2.05. The lowest BCUT2D eigenvalue weighted by Crippen LogP contribution is -2.23. The van der Waals surface area contributed by atoms with Crippen molar-refractivity contribution in [3.05, 3.63) is 58.1 Å². The highest BCUT2D eigenvalue weighted by Gasteiger charge is 2.26. The molecule has 3 rings (SSSR count). The van der Waals surface area contributed by atoms with Gasteiger partial charge >= 0.3 is 0 Å². The second-order valence-electron chi connectivity index (χ2n) is 5.03. The molecule has 1 aliphatic rings. The first kappa shape index (κ1) is 12.7. The number of nitrogens with two attached hydrogens (primary N) is 1. The fourth-order valence-electron chi connectivity index (χ4n) is 2.81. The van der Waals surface area contributed by atoms with Gasteiger partial charge in [0.05, 0.1) is 0 Å². The Morgan fingerprint density at radius 2 is 2.05 bits per heavy atom. The highest BCUT2D eigenvalue weighted by atomic mass is 79.9. The second kappa shape index (κ2) is 4.99. The van der Waals surface area contributed by atoms with Gasteiger partial charge in [0.1, 0.15) is 0 Å². The summed E-state index contributed by atoms with van der Waals surface area (Å²) in [6.45, 7) is 2.83. The third-order valence-electron chi connectivity index (χ3n) is 3.74. The predicted molar refractivity (Wildman–Crippen MR) is 83.8 cm³/mol. The summed E-state index contributed by atoms with van der Waals surface area (Å²) in [5, 5.41) is 0. The Kier molecular flexibility index (Phi) is 3.33. The van der Waals surface area contributed by atoms with Crippen LogP contribution < -0.4 is 10.6 Å². The Hall–Kier alpha value is -1.32. The van der Waals surface area contributed by atoms with Crippen LogP contribution in [-0.2, 0) is 13.0 Å². The van der Waals surface area contributed by atoms with Crippen LogP contribution in [0.5, 0.6) is 0 Å². The smallest absolute Gasteiger partial charge is 0.0446 e. The van der Waals surface area contributed by atoms with Gasteiger partial charge in [-0.05, 0) is 42.7 Å². The van der Waals surface area contributed by atoms with Gasteiger partial charge in [-0.25, -0.2) is 0 Å². The molecule has 1 atom stereocenters. The SMILES string of the molecule is CC1Cc2ccccc2N1c1ccc(CN)c(Br)c1. The highest BCUT2D eigenvalue weighted by molar-refractivity contribution is 9.10. The molecule has 98 valence electrons. The number of nitrogens with zero attached hydrogens (tertiary/aromatic N) is 1. The van der Waals surface area contributed by atoms with E-state index >= 15 is 0 Å². The summed E-state index contributed by atoms with van der Waals surface area (Å²) in [6, 6.07) is 15.6. The molecule has 0 amide bonds. The number of anilines is 2. The van der Waals surface area contributed by atoms with E-state index < -0.39 is 0 Å². The van der Waals surface area contributed by atoms with Crippen LogP contribution in [-0.4, -0.2) is 6.04 Å². The van der Waals surface area contributed by atoms with Crippen molar-refractivity contribution in [3.8, 4) is 0 Å². The Morgan fingerprint density at radius 3 is 2.79 bits per heavy atom. The average molecular weight is 317 g/mol. The Labute approximate surface area is 122 Å². The van der Waals surface area contributed by atoms with E-state index in [1.54, 1.807) is 0 Å². The Bertz CT molecular complexity index is 609. The molecule has 0 saturated carbocycles. The van der Waals surface area contributed by atoms with Crippen LogP contribution in [0.2, 0.25) is 0 Å². The van der Waals surface area contributed by atoms with Crippen LogP contribution in [0.3, 0.4) is 0 Å². The summed E-state index contributed by atoms with van der Waals surface area (Å²) in [6.07, 6.45) is 1.10. The lowest BCUT2D eigenvalue weighted by molar-refractivity contribution is 0.758. The number of benzene rings is 2. The minimum absolute atomic E-state index is 0.494. The molecule has 2 aromatic rings. The van der Waals surface area contributed by atoms with Crippen LogP contribution in [0.1, 0.15) is 18.1 Å². The van der Waals surface area contributed by atoms with Crippen LogP contribution >= 0.6 is 15.9 Å². The van der Waals surface area contributed by atoms with E-state index in [1.807, 2.05) is 0 Å². The third-order valence-corrected chi connectivity index (χ3v) is 4.48. The van der Waals surface area contributed by atoms with Gasteiger partial charge in [-0.3, -0.25) is 0 Å². The molecule has 0 saturated heterocycles. The van der Waals surface area contributed by atoms with Crippen molar-refractivity contribution in [2.75, 3.05) is 4.90 Å². The fraction of sp³-hybridized carbons (Fsp3) is 0.250. The highest BCUT2D eigenvalue weighted by Crippen LogP contribution is 2.39. The first-order valence-electron chi connectivity index (χ1n) is 6.56. The van der Waals surface area contributed by atoms with E-state index in [9.17, 15) is 0 Å². The summed E-state index contributed by atoms with van der Waals surface area (Å²) in [5.41, 5.74) is 10.8. The molecular weight excluding hydrogens is 300 g/mol. The van der Waals surface area contributed by atoms with E-state index in [0.29, 0.717) is 12.6 Å². The fourth-order valence-corrected chi connectivity index (χ4v) is 3.34. The topological polar surface area (TPSA) is 29.3 Å². The molecular formula is C16H17BrN2. The molecule has 1 aliphatic heterocycles. The number of para-hydroxylation sites is 1. The summed E-state index contributed by atoms with van der Waals surface area (Å²) < 4.78 is 1.09. The number of halogens is 1.